The summed E-state index contributed by atoms with van der Waals surface area (Å²) >= 11 is 0. The van der Waals surface area contributed by atoms with E-state index < -0.39 is 14.5 Å². The summed E-state index contributed by atoms with van der Waals surface area (Å²) in [6.07, 6.45) is 3.60. The minimum Gasteiger partial charge on any atom is -0.394 e. The second-order valence-electron chi connectivity index (χ2n) is 13.5. The quantitative estimate of drug-likeness (QED) is 0.135. The fourth-order valence-corrected chi connectivity index (χ4v) is 10.2. The van der Waals surface area contributed by atoms with Crippen LogP contribution in [0.5, 0.6) is 0 Å². The zero-order valence-corrected chi connectivity index (χ0v) is 27.8. The number of H-pyrrole nitrogens is 1. The molecule has 3 N–H and O–H groups in total. The zero-order chi connectivity index (χ0) is 32.4. The molecule has 1 aromatic heterocycles. The fourth-order valence-electron chi connectivity index (χ4n) is 7.68. The largest absolute Gasteiger partial charge is 0.394 e. The SMILES string of the molecule is C[C@@H]1[C@@H]([Si](C)(C)F)[C@H](CC(=O)N2Cc3ccccc3C[C@H]2CO)O[C@@H]1CCc1cccc(NC(=O)Cc2c[nH]c3ccccc23)c1. The number of ether oxygens (including phenoxy) is 1. The lowest BCUT2D eigenvalue weighted by Crippen LogP contribution is -2.48. The molecule has 0 unspecified atom stereocenters. The molecule has 3 aromatic carbocycles. The summed E-state index contributed by atoms with van der Waals surface area (Å²) in [5, 5.41) is 14.2. The molecule has 6 rings (SSSR count). The number of aryl methyl sites for hydroxylation is 1. The van der Waals surface area contributed by atoms with Crippen molar-refractivity contribution >= 4 is 36.8 Å². The highest BCUT2D eigenvalue weighted by atomic mass is 28.4. The van der Waals surface area contributed by atoms with Gasteiger partial charge in [-0.2, -0.15) is 0 Å². The number of para-hydroxylation sites is 1. The summed E-state index contributed by atoms with van der Waals surface area (Å²) in [5.41, 5.74) is 5.71. The lowest BCUT2D eigenvalue weighted by molar-refractivity contribution is -0.138. The van der Waals surface area contributed by atoms with E-state index in [0.29, 0.717) is 25.8 Å². The molecule has 0 radical (unpaired) electrons. The van der Waals surface area contributed by atoms with Crippen LogP contribution in [0.3, 0.4) is 0 Å². The molecule has 0 saturated carbocycles. The number of anilines is 1. The average Bonchev–Trinajstić information content (AvgIpc) is 3.58. The number of amides is 2. The fraction of sp³-hybridized carbons (Fsp3) is 0.405. The van der Waals surface area contributed by atoms with Crippen LogP contribution in [0.1, 0.15) is 42.0 Å². The molecule has 0 aliphatic carbocycles. The highest BCUT2D eigenvalue weighted by Crippen LogP contribution is 2.47. The molecule has 2 amide bonds. The molecule has 5 atom stereocenters. The van der Waals surface area contributed by atoms with Gasteiger partial charge in [-0.1, -0.05) is 61.5 Å². The Bertz CT molecular complexity index is 1700. The van der Waals surface area contributed by atoms with Crippen LogP contribution >= 0.6 is 0 Å². The van der Waals surface area contributed by atoms with Gasteiger partial charge in [-0.25, -0.2) is 0 Å². The van der Waals surface area contributed by atoms with E-state index >= 15 is 4.11 Å². The summed E-state index contributed by atoms with van der Waals surface area (Å²) in [6, 6.07) is 23.5. The Balaban J connectivity index is 1.08. The molecule has 0 spiro atoms. The first-order chi connectivity index (χ1) is 22.1. The third-order valence-electron chi connectivity index (χ3n) is 9.91. The molecule has 2 aliphatic rings. The van der Waals surface area contributed by atoms with Gasteiger partial charge in [0.25, 0.3) is 0 Å². The second-order valence-corrected chi connectivity index (χ2v) is 17.3. The summed E-state index contributed by atoms with van der Waals surface area (Å²) in [6.45, 7) is 5.83. The number of aromatic amines is 1. The number of nitrogens with one attached hydrogen (secondary N) is 2. The van der Waals surface area contributed by atoms with Crippen LogP contribution in [0.4, 0.5) is 9.80 Å². The van der Waals surface area contributed by atoms with Gasteiger partial charge in [0.05, 0.1) is 37.7 Å². The topological polar surface area (TPSA) is 94.7 Å². The normalized spacial score (nSPS) is 23.0. The maximum Gasteiger partial charge on any atom is 0.246 e. The van der Waals surface area contributed by atoms with E-state index in [2.05, 4.69) is 17.2 Å². The minimum atomic E-state index is -3.17. The number of aliphatic hydroxyl groups excluding tert-OH is 1. The van der Waals surface area contributed by atoms with E-state index in [1.54, 1.807) is 18.0 Å². The molecular formula is C37H44FN3O4Si. The van der Waals surface area contributed by atoms with Crippen LogP contribution in [-0.2, 0) is 40.1 Å². The Kier molecular flexibility index (Phi) is 9.45. The van der Waals surface area contributed by atoms with Gasteiger partial charge in [0.2, 0.25) is 20.2 Å². The minimum absolute atomic E-state index is 0.0285. The highest BCUT2D eigenvalue weighted by molar-refractivity contribution is 6.72. The average molecular weight is 642 g/mol. The number of aromatic nitrogens is 1. The Morgan fingerprint density at radius 2 is 1.80 bits per heavy atom. The van der Waals surface area contributed by atoms with E-state index in [4.69, 9.17) is 4.74 Å². The van der Waals surface area contributed by atoms with Crippen molar-refractivity contribution < 1.29 is 23.5 Å². The number of benzene rings is 3. The van der Waals surface area contributed by atoms with Crippen LogP contribution < -0.4 is 5.32 Å². The first-order valence-electron chi connectivity index (χ1n) is 16.4. The number of nitrogens with zero attached hydrogens (tertiary/aromatic N) is 1. The van der Waals surface area contributed by atoms with Crippen LogP contribution in [0.2, 0.25) is 18.6 Å². The van der Waals surface area contributed by atoms with Crippen molar-refractivity contribution in [2.75, 3.05) is 11.9 Å². The van der Waals surface area contributed by atoms with Crippen molar-refractivity contribution in [1.82, 2.24) is 9.88 Å². The molecule has 46 heavy (non-hydrogen) atoms. The number of rotatable bonds is 10. The molecule has 242 valence electrons. The Labute approximate surface area is 271 Å². The molecule has 7 nitrogen and oxygen atoms in total. The molecule has 3 heterocycles. The van der Waals surface area contributed by atoms with Gasteiger partial charge in [-0.05, 0) is 78.7 Å². The Hall–Kier alpha value is -3.79. The van der Waals surface area contributed by atoms with Crippen LogP contribution in [0.25, 0.3) is 10.9 Å². The molecule has 1 fully saturated rings. The molecular weight excluding hydrogens is 598 g/mol. The number of fused-ring (bicyclic) bond motifs is 2. The third-order valence-corrected chi connectivity index (χ3v) is 12.4. The van der Waals surface area contributed by atoms with Gasteiger partial charge in [0.15, 0.2) is 0 Å². The van der Waals surface area contributed by atoms with Gasteiger partial charge >= 0.3 is 0 Å². The van der Waals surface area contributed by atoms with E-state index in [0.717, 1.165) is 38.8 Å². The number of hydrogen-bond donors (Lipinski definition) is 3. The maximum absolute atomic E-state index is 15.8. The number of carbonyl (C=O) groups is 2. The van der Waals surface area contributed by atoms with Gasteiger partial charge in [0, 0.05) is 34.9 Å². The summed E-state index contributed by atoms with van der Waals surface area (Å²) < 4.78 is 22.3. The van der Waals surface area contributed by atoms with Crippen molar-refractivity contribution in [2.45, 2.75) is 82.5 Å². The van der Waals surface area contributed by atoms with Crippen molar-refractivity contribution in [1.29, 1.82) is 0 Å². The Morgan fingerprint density at radius 1 is 1.04 bits per heavy atom. The number of carbonyl (C=O) groups excluding carboxylic acids is 2. The van der Waals surface area contributed by atoms with Crippen LogP contribution in [0, 0.1) is 5.92 Å². The molecule has 0 bridgehead atoms. The first kappa shape index (κ1) is 32.2. The summed E-state index contributed by atoms with van der Waals surface area (Å²) in [7, 11) is -3.17. The van der Waals surface area contributed by atoms with E-state index in [-0.39, 0.29) is 54.9 Å². The number of halogens is 1. The predicted octanol–water partition coefficient (Wildman–Crippen LogP) is 6.57. The molecule has 4 aromatic rings. The third kappa shape index (κ3) is 6.96. The molecule has 9 heteroatoms. The summed E-state index contributed by atoms with van der Waals surface area (Å²) in [5.74, 6) is -0.203. The van der Waals surface area contributed by atoms with Crippen LogP contribution in [-0.4, -0.2) is 60.1 Å². The van der Waals surface area contributed by atoms with E-state index in [1.165, 1.54) is 0 Å². The smallest absolute Gasteiger partial charge is 0.246 e. The maximum atomic E-state index is 15.8. The first-order valence-corrected chi connectivity index (χ1v) is 19.3. The molecule has 2 aliphatic heterocycles. The van der Waals surface area contributed by atoms with Gasteiger partial charge in [0.1, 0.15) is 0 Å². The Morgan fingerprint density at radius 3 is 2.59 bits per heavy atom. The van der Waals surface area contributed by atoms with Crippen molar-refractivity contribution in [3.8, 4) is 0 Å². The van der Waals surface area contributed by atoms with Crippen molar-refractivity contribution in [3.05, 3.63) is 101 Å². The van der Waals surface area contributed by atoms with Crippen molar-refractivity contribution in [2.24, 2.45) is 5.92 Å². The van der Waals surface area contributed by atoms with E-state index in [9.17, 15) is 14.7 Å². The van der Waals surface area contributed by atoms with Gasteiger partial charge in [-0.3, -0.25) is 9.59 Å². The second kappa shape index (κ2) is 13.5. The lowest BCUT2D eigenvalue weighted by atomic mass is 9.93. The summed E-state index contributed by atoms with van der Waals surface area (Å²) in [4.78, 5) is 31.5. The van der Waals surface area contributed by atoms with Crippen LogP contribution in [0.15, 0.2) is 79.0 Å². The van der Waals surface area contributed by atoms with Gasteiger partial charge in [-0.15, -0.1) is 0 Å². The van der Waals surface area contributed by atoms with Crippen molar-refractivity contribution in [3.63, 3.8) is 0 Å². The lowest BCUT2D eigenvalue weighted by Gasteiger charge is -2.37. The predicted molar refractivity (Wildman–Crippen MR) is 182 cm³/mol. The zero-order valence-electron chi connectivity index (χ0n) is 26.8. The van der Waals surface area contributed by atoms with E-state index in [1.807, 2.05) is 79.0 Å². The highest BCUT2D eigenvalue weighted by Gasteiger charge is 2.52. The standard InChI is InChI=1S/C37H44FN3O4Si/c1-24-33(16-15-25-9-8-12-29(17-25)40-35(43)19-28-21-39-32-14-7-6-13-31(28)32)45-34(37(24)46(2,3)38)20-36(44)41-22-27-11-5-4-10-26(27)18-30(41)23-42/h4-14,17,21,24,30,33-34,37,39,42H,15-16,18-20,22-23H2,1-3H3,(H,40,43)/t24-,30-,33+,34-,37+/m0/s1. The number of aliphatic hydroxyl groups is 1. The number of hydrogen-bond acceptors (Lipinski definition) is 4. The molecule has 1 saturated heterocycles. The monoisotopic (exact) mass is 641 g/mol. The van der Waals surface area contributed by atoms with Gasteiger partial charge < -0.3 is 29.2 Å².